The number of fused-ring (bicyclic) bond motifs is 1. The van der Waals surface area contributed by atoms with Gasteiger partial charge in [-0.15, -0.1) is 0 Å². The van der Waals surface area contributed by atoms with Crippen LogP contribution in [-0.2, 0) is 10.8 Å². The first-order valence-corrected chi connectivity index (χ1v) is 7.21. The Morgan fingerprint density at radius 3 is 1.56 bits per heavy atom. The predicted molar refractivity (Wildman–Crippen MR) is 91.0 cm³/mol. The third kappa shape index (κ3) is 1.78. The summed E-state index contributed by atoms with van der Waals surface area (Å²) in [5.41, 5.74) is 10.0. The van der Waals surface area contributed by atoms with Crippen LogP contribution in [0.2, 0.25) is 0 Å². The highest BCUT2D eigenvalue weighted by Crippen LogP contribution is 2.43. The van der Waals surface area contributed by atoms with E-state index in [4.69, 9.17) is 0 Å². The Balaban J connectivity index is 2.92. The summed E-state index contributed by atoms with van der Waals surface area (Å²) in [6.07, 6.45) is 2.60. The second kappa shape index (κ2) is 3.95. The molecule has 18 heavy (non-hydrogen) atoms. The molecule has 0 amide bonds. The lowest BCUT2D eigenvalue weighted by Gasteiger charge is -2.45. The van der Waals surface area contributed by atoms with Gasteiger partial charge in [-0.05, 0) is 41.7 Å². The molecule has 94 valence electrons. The van der Waals surface area contributed by atoms with Gasteiger partial charge in [0.25, 0.3) is 0 Å². The molecule has 3 heteroatoms. The van der Waals surface area contributed by atoms with Crippen molar-refractivity contribution >= 4 is 39.9 Å². The number of hydrogen-bond donors (Lipinski definition) is 0. The molecule has 1 aromatic carbocycles. The van der Waals surface area contributed by atoms with E-state index in [1.807, 2.05) is 0 Å². The van der Waals surface area contributed by atoms with Crippen LogP contribution in [0.25, 0.3) is 0 Å². The fraction of sp³-hybridized carbons (Fsp3) is 0.600. The lowest BCUT2D eigenvalue weighted by molar-refractivity contribution is 0.335. The molecule has 1 aliphatic carbocycles. The summed E-state index contributed by atoms with van der Waals surface area (Å²) in [5.74, 6) is 0. The predicted octanol–water partition coefficient (Wildman–Crippen LogP) is -0.881. The standard InChI is InChI=1S/C15H25B3/c1-8-11(16)9-10(13(18)12(8)17)15(4,5)7-6-14(9,2)3/h6-7,16-18H2,1-5H3. The first-order valence-electron chi connectivity index (χ1n) is 7.21. The van der Waals surface area contributed by atoms with E-state index >= 15 is 0 Å². The monoisotopic (exact) mass is 238 g/mol. The molecule has 0 heterocycles. The Morgan fingerprint density at radius 1 is 0.722 bits per heavy atom. The van der Waals surface area contributed by atoms with Crippen molar-refractivity contribution in [1.29, 1.82) is 0 Å². The van der Waals surface area contributed by atoms with Gasteiger partial charge >= 0.3 is 0 Å². The molecule has 0 saturated carbocycles. The van der Waals surface area contributed by atoms with Crippen molar-refractivity contribution in [3.63, 3.8) is 0 Å². The van der Waals surface area contributed by atoms with Crippen LogP contribution in [0, 0.1) is 6.92 Å². The second-order valence-corrected chi connectivity index (χ2v) is 7.52. The van der Waals surface area contributed by atoms with E-state index in [0.29, 0.717) is 10.8 Å². The summed E-state index contributed by atoms with van der Waals surface area (Å²) in [5, 5.41) is 0. The molecule has 1 aromatic rings. The highest BCUT2D eigenvalue weighted by molar-refractivity contribution is 6.52. The van der Waals surface area contributed by atoms with Crippen molar-refractivity contribution in [3.05, 3.63) is 16.7 Å². The van der Waals surface area contributed by atoms with Crippen LogP contribution in [0.5, 0.6) is 0 Å². The number of hydrogen-bond acceptors (Lipinski definition) is 0. The maximum atomic E-state index is 2.42. The van der Waals surface area contributed by atoms with Gasteiger partial charge in [0.1, 0.15) is 23.5 Å². The van der Waals surface area contributed by atoms with Gasteiger partial charge in [0.05, 0.1) is 0 Å². The zero-order chi connectivity index (χ0) is 13.9. The van der Waals surface area contributed by atoms with Gasteiger partial charge in [-0.1, -0.05) is 49.6 Å². The molecule has 0 aromatic heterocycles. The quantitative estimate of drug-likeness (QED) is 0.515. The van der Waals surface area contributed by atoms with E-state index in [0.717, 1.165) is 0 Å². The largest absolute Gasteiger partial charge is 0.140 e. The van der Waals surface area contributed by atoms with E-state index in [9.17, 15) is 0 Å². The van der Waals surface area contributed by atoms with Crippen LogP contribution in [0.3, 0.4) is 0 Å². The zero-order valence-electron chi connectivity index (χ0n) is 13.4. The first-order chi connectivity index (χ1) is 8.09. The van der Waals surface area contributed by atoms with Crippen LogP contribution in [-0.4, -0.2) is 23.5 Å². The summed E-state index contributed by atoms with van der Waals surface area (Å²) < 4.78 is 0. The highest BCUT2D eigenvalue weighted by Gasteiger charge is 2.39. The molecule has 0 bridgehead atoms. The van der Waals surface area contributed by atoms with Crippen molar-refractivity contribution in [1.82, 2.24) is 0 Å². The fourth-order valence-corrected chi connectivity index (χ4v) is 3.88. The van der Waals surface area contributed by atoms with Crippen LogP contribution in [0.1, 0.15) is 57.2 Å². The summed E-state index contributed by atoms with van der Waals surface area (Å²) in [7, 11) is 6.93. The minimum Gasteiger partial charge on any atom is -0.0925 e. The molecular weight excluding hydrogens is 213 g/mol. The van der Waals surface area contributed by atoms with E-state index in [-0.39, 0.29) is 0 Å². The van der Waals surface area contributed by atoms with Gasteiger partial charge in [-0.25, -0.2) is 0 Å². The lowest BCUT2D eigenvalue weighted by atomic mass is 9.54. The molecule has 0 nitrogen and oxygen atoms in total. The second-order valence-electron chi connectivity index (χ2n) is 7.52. The minimum absolute atomic E-state index is 0.332. The van der Waals surface area contributed by atoms with E-state index in [2.05, 4.69) is 58.2 Å². The summed E-state index contributed by atoms with van der Waals surface area (Å²) >= 11 is 0. The van der Waals surface area contributed by atoms with Gasteiger partial charge in [0, 0.05) is 0 Å². The molecule has 0 N–H and O–H groups in total. The third-order valence-electron chi connectivity index (χ3n) is 5.42. The van der Waals surface area contributed by atoms with Crippen LogP contribution in [0.4, 0.5) is 0 Å². The molecule has 2 rings (SSSR count). The van der Waals surface area contributed by atoms with Crippen molar-refractivity contribution in [3.8, 4) is 0 Å². The highest BCUT2D eigenvalue weighted by atomic mass is 14.4. The van der Waals surface area contributed by atoms with Crippen molar-refractivity contribution in [2.24, 2.45) is 0 Å². The average Bonchev–Trinajstić information content (AvgIpc) is 2.26. The Kier molecular flexibility index (Phi) is 3.04. The molecule has 0 unspecified atom stereocenters. The van der Waals surface area contributed by atoms with E-state index in [1.165, 1.54) is 34.8 Å². The van der Waals surface area contributed by atoms with Gasteiger partial charge in [0.2, 0.25) is 0 Å². The lowest BCUT2D eigenvalue weighted by Crippen LogP contribution is -2.49. The minimum atomic E-state index is 0.332. The molecule has 0 atom stereocenters. The Morgan fingerprint density at radius 2 is 1.11 bits per heavy atom. The SMILES string of the molecule is Bc1c(B)c2c(c(B)c1C)C(C)(C)CCC2(C)C. The van der Waals surface area contributed by atoms with Crippen molar-refractivity contribution < 1.29 is 0 Å². The summed E-state index contributed by atoms with van der Waals surface area (Å²) in [4.78, 5) is 0. The summed E-state index contributed by atoms with van der Waals surface area (Å²) in [6.45, 7) is 12.0. The maximum absolute atomic E-state index is 2.42. The van der Waals surface area contributed by atoms with E-state index < -0.39 is 0 Å². The smallest absolute Gasteiger partial charge is 0.0925 e. The fourth-order valence-electron chi connectivity index (χ4n) is 3.88. The number of rotatable bonds is 0. The molecule has 0 aliphatic heterocycles. The molecular formula is C15H25B3. The first kappa shape index (κ1) is 13.8. The topological polar surface area (TPSA) is 0 Å². The normalized spacial score (nSPS) is 20.5. The maximum Gasteiger partial charge on any atom is 0.140 e. The Bertz CT molecular complexity index is 466. The summed E-state index contributed by atoms with van der Waals surface area (Å²) in [6, 6.07) is 0. The third-order valence-corrected chi connectivity index (χ3v) is 5.42. The molecule has 1 aliphatic rings. The van der Waals surface area contributed by atoms with Gasteiger partial charge in [-0.3, -0.25) is 0 Å². The van der Waals surface area contributed by atoms with Crippen molar-refractivity contribution in [2.45, 2.75) is 58.3 Å². The Hall–Kier alpha value is -0.585. The van der Waals surface area contributed by atoms with Gasteiger partial charge < -0.3 is 0 Å². The molecule has 0 fully saturated rings. The molecule has 0 radical (unpaired) electrons. The average molecular weight is 238 g/mol. The number of benzene rings is 1. The Labute approximate surface area is 115 Å². The molecule has 0 saturated heterocycles. The van der Waals surface area contributed by atoms with Gasteiger partial charge in [0.15, 0.2) is 0 Å². The van der Waals surface area contributed by atoms with Crippen LogP contribution < -0.4 is 16.4 Å². The van der Waals surface area contributed by atoms with Crippen LogP contribution in [0.15, 0.2) is 0 Å². The molecule has 0 spiro atoms. The van der Waals surface area contributed by atoms with Crippen LogP contribution >= 0.6 is 0 Å². The van der Waals surface area contributed by atoms with Crippen molar-refractivity contribution in [2.75, 3.05) is 0 Å². The van der Waals surface area contributed by atoms with Gasteiger partial charge in [-0.2, -0.15) is 0 Å². The zero-order valence-corrected chi connectivity index (χ0v) is 13.4. The van der Waals surface area contributed by atoms with E-state index in [1.54, 1.807) is 11.1 Å².